The van der Waals surface area contributed by atoms with Crippen molar-refractivity contribution in [1.82, 2.24) is 4.57 Å². The number of fused-ring (bicyclic) bond motifs is 3. The van der Waals surface area contributed by atoms with Gasteiger partial charge in [-0.1, -0.05) is 55.8 Å². The number of hydrogen-bond donors (Lipinski definition) is 2. The molecule has 45 heavy (non-hydrogen) atoms. The number of nitrogens with zero attached hydrogens (tertiary/aromatic N) is 2. The molecule has 0 amide bonds. The minimum absolute atomic E-state index is 0.00523. The van der Waals surface area contributed by atoms with Crippen LogP contribution in [0.4, 0.5) is 5.00 Å². The lowest BCUT2D eigenvalue weighted by Crippen LogP contribution is -2.26. The molecular formula is C33H28ClN3O5S3. The highest BCUT2D eigenvalue weighted by Gasteiger charge is 2.42. The van der Waals surface area contributed by atoms with E-state index in [0.717, 1.165) is 26.7 Å². The molecule has 3 heterocycles. The summed E-state index contributed by atoms with van der Waals surface area (Å²) in [4.78, 5) is 15.6. The zero-order chi connectivity index (χ0) is 32.0. The van der Waals surface area contributed by atoms with Crippen LogP contribution in [0.5, 0.6) is 5.75 Å². The number of ether oxygens (including phenoxy) is 3. The standard InChI is InChI=1S/C33H28ClN3O5S3/c1-5-41-31(39)24-23-26-21(37(32(43)44-26)18-9-7-6-8-10-18)15-33(2,3)27(23)45-29(24)36-28-25(34)22(20(16-35)30(38)42-28)17-11-13-19(40-4)14-12-17/h6-14,22,36,38H,5,15H2,1-4H3. The van der Waals surface area contributed by atoms with Crippen molar-refractivity contribution < 1.29 is 24.1 Å². The number of nitrogens with one attached hydrogen (secondary N) is 1. The summed E-state index contributed by atoms with van der Waals surface area (Å²) in [6.07, 6.45) is 0.689. The van der Waals surface area contributed by atoms with Crippen molar-refractivity contribution in [3.8, 4) is 27.9 Å². The Balaban J connectivity index is 1.52. The topological polar surface area (TPSA) is 106 Å². The number of carbonyl (C=O) groups is 1. The molecule has 0 saturated carbocycles. The number of aromatic nitrogens is 1. The summed E-state index contributed by atoms with van der Waals surface area (Å²) >= 11 is 15.7. The number of para-hydroxylation sites is 1. The van der Waals surface area contributed by atoms with Crippen LogP contribution in [-0.2, 0) is 21.3 Å². The van der Waals surface area contributed by atoms with Gasteiger partial charge in [-0.15, -0.1) is 22.7 Å². The monoisotopic (exact) mass is 677 g/mol. The van der Waals surface area contributed by atoms with Gasteiger partial charge in [-0.05, 0) is 55.4 Å². The molecule has 4 aromatic rings. The first-order valence-electron chi connectivity index (χ1n) is 14.1. The van der Waals surface area contributed by atoms with Crippen LogP contribution in [0.1, 0.15) is 53.2 Å². The summed E-state index contributed by atoms with van der Waals surface area (Å²) in [5.41, 5.74) is 3.30. The number of anilines is 1. The van der Waals surface area contributed by atoms with Crippen molar-refractivity contribution in [2.45, 2.75) is 38.5 Å². The molecule has 2 aromatic heterocycles. The predicted molar refractivity (Wildman–Crippen MR) is 179 cm³/mol. The van der Waals surface area contributed by atoms with Crippen LogP contribution in [0.3, 0.4) is 0 Å². The van der Waals surface area contributed by atoms with E-state index in [1.54, 1.807) is 38.3 Å². The van der Waals surface area contributed by atoms with Gasteiger partial charge in [-0.3, -0.25) is 4.57 Å². The van der Waals surface area contributed by atoms with E-state index in [4.69, 9.17) is 38.0 Å². The van der Waals surface area contributed by atoms with E-state index in [-0.39, 0.29) is 28.5 Å². The Labute approximate surface area is 278 Å². The first-order valence-corrected chi connectivity index (χ1v) is 16.5. The molecule has 230 valence electrons. The lowest BCUT2D eigenvalue weighted by atomic mass is 9.78. The Hall–Kier alpha value is -4.08. The summed E-state index contributed by atoms with van der Waals surface area (Å²) in [6.45, 7) is 6.20. The van der Waals surface area contributed by atoms with Crippen LogP contribution in [-0.4, -0.2) is 29.4 Å². The first-order chi connectivity index (χ1) is 21.6. The maximum Gasteiger partial charge on any atom is 0.341 e. The van der Waals surface area contributed by atoms with Gasteiger partial charge in [0.05, 0.1) is 29.5 Å². The molecule has 1 unspecified atom stereocenters. The second kappa shape index (κ2) is 12.0. The Bertz CT molecular complexity index is 1980. The molecule has 2 aromatic carbocycles. The molecule has 2 N–H and O–H groups in total. The lowest BCUT2D eigenvalue weighted by Gasteiger charge is -2.30. The van der Waals surface area contributed by atoms with E-state index >= 15 is 0 Å². The molecular weight excluding hydrogens is 650 g/mol. The molecule has 0 saturated heterocycles. The smallest absolute Gasteiger partial charge is 0.341 e. The third-order valence-electron chi connectivity index (χ3n) is 7.74. The molecule has 12 heteroatoms. The van der Waals surface area contributed by atoms with Crippen molar-refractivity contribution in [2.24, 2.45) is 0 Å². The summed E-state index contributed by atoms with van der Waals surface area (Å²) in [5.74, 6) is -1.27. The van der Waals surface area contributed by atoms with Gasteiger partial charge in [0.2, 0.25) is 5.88 Å². The number of methoxy groups -OCH3 is 1. The van der Waals surface area contributed by atoms with E-state index < -0.39 is 17.8 Å². The zero-order valence-corrected chi connectivity index (χ0v) is 28.0. The van der Waals surface area contributed by atoms with Crippen LogP contribution in [0.2, 0.25) is 0 Å². The number of nitriles is 1. The second-order valence-corrected chi connectivity index (χ2v) is 14.1. The maximum absolute atomic E-state index is 13.7. The van der Waals surface area contributed by atoms with Crippen molar-refractivity contribution in [3.05, 3.63) is 103 Å². The fourth-order valence-corrected chi connectivity index (χ4v) is 8.91. The van der Waals surface area contributed by atoms with Crippen molar-refractivity contribution in [1.29, 1.82) is 5.26 Å². The molecule has 1 atom stereocenters. The summed E-state index contributed by atoms with van der Waals surface area (Å²) < 4.78 is 19.3. The second-order valence-electron chi connectivity index (χ2n) is 11.0. The lowest BCUT2D eigenvalue weighted by molar-refractivity contribution is 0.0529. The number of carbonyl (C=O) groups excluding carboxylic acids is 1. The third-order valence-corrected chi connectivity index (χ3v) is 11.0. The van der Waals surface area contributed by atoms with Gasteiger partial charge in [-0.25, -0.2) is 4.79 Å². The number of allylic oxidation sites excluding steroid dienone is 2. The van der Waals surface area contributed by atoms with Gasteiger partial charge in [0.15, 0.2) is 3.95 Å². The van der Waals surface area contributed by atoms with Gasteiger partial charge in [0, 0.05) is 27.2 Å². The summed E-state index contributed by atoms with van der Waals surface area (Å²) in [6, 6.07) is 19.0. The molecule has 1 aliphatic carbocycles. The highest BCUT2D eigenvalue weighted by molar-refractivity contribution is 7.73. The van der Waals surface area contributed by atoms with Gasteiger partial charge < -0.3 is 24.6 Å². The molecule has 0 fully saturated rings. The molecule has 0 radical (unpaired) electrons. The van der Waals surface area contributed by atoms with Crippen molar-refractivity contribution in [2.75, 3.05) is 19.0 Å². The first kappa shape index (κ1) is 30.9. The number of thiazole rings is 1. The highest BCUT2D eigenvalue weighted by atomic mass is 35.5. The van der Waals surface area contributed by atoms with Gasteiger partial charge in [-0.2, -0.15) is 5.26 Å². The largest absolute Gasteiger partial charge is 0.497 e. The molecule has 0 bridgehead atoms. The summed E-state index contributed by atoms with van der Waals surface area (Å²) in [5, 5.41) is 24.5. The highest BCUT2D eigenvalue weighted by Crippen LogP contribution is 2.55. The van der Waals surface area contributed by atoms with E-state index in [9.17, 15) is 15.2 Å². The Kier molecular flexibility index (Phi) is 8.26. The fourth-order valence-electron chi connectivity index (χ4n) is 5.70. The molecule has 8 nitrogen and oxygen atoms in total. The minimum atomic E-state index is -0.813. The zero-order valence-electron chi connectivity index (χ0n) is 24.8. The molecule has 2 aliphatic rings. The van der Waals surface area contributed by atoms with Gasteiger partial charge in [0.25, 0.3) is 5.95 Å². The molecule has 0 spiro atoms. The van der Waals surface area contributed by atoms with E-state index in [1.165, 1.54) is 22.7 Å². The Morgan fingerprint density at radius 1 is 1.22 bits per heavy atom. The van der Waals surface area contributed by atoms with Crippen LogP contribution < -0.4 is 10.1 Å². The fraction of sp³-hybridized carbons (Fsp3) is 0.242. The summed E-state index contributed by atoms with van der Waals surface area (Å²) in [7, 11) is 1.56. The third kappa shape index (κ3) is 5.32. The van der Waals surface area contributed by atoms with Crippen LogP contribution in [0.15, 0.2) is 77.0 Å². The molecule has 1 aliphatic heterocycles. The normalized spacial score (nSPS) is 16.8. The number of rotatable bonds is 7. The van der Waals surface area contributed by atoms with Gasteiger partial charge in [0.1, 0.15) is 28.0 Å². The number of aliphatic hydroxyl groups is 1. The Morgan fingerprint density at radius 3 is 2.58 bits per heavy atom. The number of aliphatic hydroxyl groups excluding tert-OH is 1. The Morgan fingerprint density at radius 2 is 1.93 bits per heavy atom. The molecule has 6 rings (SSSR count). The average Bonchev–Trinajstić information content (AvgIpc) is 3.56. The van der Waals surface area contributed by atoms with E-state index in [1.807, 2.05) is 36.4 Å². The maximum atomic E-state index is 13.7. The number of hydrogen-bond acceptors (Lipinski definition) is 10. The number of esters is 1. The van der Waals surface area contributed by atoms with E-state index in [2.05, 4.69) is 23.7 Å². The van der Waals surface area contributed by atoms with Crippen molar-refractivity contribution >= 4 is 57.5 Å². The predicted octanol–water partition coefficient (Wildman–Crippen LogP) is 8.94. The van der Waals surface area contributed by atoms with Crippen LogP contribution in [0.25, 0.3) is 16.1 Å². The van der Waals surface area contributed by atoms with E-state index in [0.29, 0.717) is 32.3 Å². The van der Waals surface area contributed by atoms with Crippen LogP contribution in [0, 0.1) is 15.3 Å². The number of thiophene rings is 1. The quantitative estimate of drug-likeness (QED) is 0.148. The van der Waals surface area contributed by atoms with Gasteiger partial charge >= 0.3 is 5.97 Å². The minimum Gasteiger partial charge on any atom is -0.497 e. The number of benzene rings is 2. The average molecular weight is 678 g/mol. The van der Waals surface area contributed by atoms with Crippen molar-refractivity contribution in [3.63, 3.8) is 0 Å². The SMILES string of the molecule is CCOC(=O)c1c(NC2=C(Cl)C(c3ccc(OC)cc3)C(C#N)=C(O)O2)sc2c1-c1sc(=S)n(-c3ccccc3)c1CC2(C)C. The number of halogens is 1. The van der Waals surface area contributed by atoms with Crippen LogP contribution >= 0.6 is 46.5 Å².